The zero-order chi connectivity index (χ0) is 10.5. The van der Waals surface area contributed by atoms with Crippen LogP contribution < -0.4 is 5.73 Å². The van der Waals surface area contributed by atoms with E-state index in [0.29, 0.717) is 6.61 Å². The number of carbonyl (C=O) groups is 1. The first kappa shape index (κ1) is 12.4. The predicted molar refractivity (Wildman–Crippen MR) is 55.4 cm³/mol. The van der Waals surface area contributed by atoms with Crippen LogP contribution in [-0.4, -0.2) is 18.1 Å². The van der Waals surface area contributed by atoms with E-state index >= 15 is 0 Å². The van der Waals surface area contributed by atoms with Crippen molar-refractivity contribution in [3.63, 3.8) is 0 Å². The van der Waals surface area contributed by atoms with Crippen LogP contribution in [0.1, 0.15) is 42.0 Å². The molecule has 1 aliphatic heterocycles. The maximum atomic E-state index is 10.8. The first-order valence-electron chi connectivity index (χ1n) is 4.94. The molecule has 0 aromatic carbocycles. The van der Waals surface area contributed by atoms with Crippen LogP contribution in [0.15, 0.2) is 0 Å². The molecule has 3 heteroatoms. The fraction of sp³-hybridized carbons (Fsp3) is 0.900. The molecule has 0 bridgehead atoms. The van der Waals surface area contributed by atoms with Crippen LogP contribution in [0.25, 0.3) is 0 Å². The number of amides is 1. The van der Waals surface area contributed by atoms with Gasteiger partial charge in [0.15, 0.2) is 0 Å². The van der Waals surface area contributed by atoms with Gasteiger partial charge < -0.3 is 10.5 Å². The van der Waals surface area contributed by atoms with Gasteiger partial charge in [0, 0.05) is 14.0 Å². The van der Waals surface area contributed by atoms with Crippen molar-refractivity contribution in [3.05, 3.63) is 0 Å². The van der Waals surface area contributed by atoms with Crippen molar-refractivity contribution in [1.82, 2.24) is 0 Å². The third-order valence-corrected chi connectivity index (χ3v) is 2.10. The number of hydrogen-bond donors (Lipinski definition) is 1. The molecule has 0 aromatic rings. The lowest BCUT2D eigenvalue weighted by Crippen LogP contribution is -2.39. The molecule has 1 amide bonds. The van der Waals surface area contributed by atoms with Crippen molar-refractivity contribution in [3.8, 4) is 0 Å². The Balaban J connectivity index is 0. The largest absolute Gasteiger partial charge is 0.376 e. The Kier molecular flexibility index (Phi) is 4.99. The van der Waals surface area contributed by atoms with E-state index in [1.165, 1.54) is 0 Å². The third-order valence-electron chi connectivity index (χ3n) is 2.10. The summed E-state index contributed by atoms with van der Waals surface area (Å²) >= 11 is 0. The van der Waals surface area contributed by atoms with Crippen LogP contribution in [-0.2, 0) is 9.53 Å². The molecule has 2 N–H and O–H groups in total. The fourth-order valence-electron chi connectivity index (χ4n) is 1.47. The Morgan fingerprint density at radius 3 is 2.38 bits per heavy atom. The molecule has 0 saturated carbocycles. The highest BCUT2D eigenvalue weighted by molar-refractivity contribution is 5.76. The number of rotatable bonds is 1. The summed E-state index contributed by atoms with van der Waals surface area (Å²) in [5.74, 6) is -0.180. The third kappa shape index (κ3) is 4.27. The van der Waals surface area contributed by atoms with Gasteiger partial charge in [0.2, 0.25) is 5.91 Å². The van der Waals surface area contributed by atoms with Crippen molar-refractivity contribution in [2.75, 3.05) is 6.61 Å². The van der Waals surface area contributed by atoms with Gasteiger partial charge in [-0.1, -0.05) is 13.8 Å². The molecule has 13 heavy (non-hydrogen) atoms. The summed E-state index contributed by atoms with van der Waals surface area (Å²) in [6.45, 7) is 8.63. The highest BCUT2D eigenvalue weighted by Crippen LogP contribution is 2.27. The smallest absolute Gasteiger partial charge is 0.220 e. The van der Waals surface area contributed by atoms with Crippen molar-refractivity contribution in [1.29, 1.82) is 0 Å². The first-order valence-corrected chi connectivity index (χ1v) is 4.94. The van der Waals surface area contributed by atoms with Crippen LogP contribution in [0.4, 0.5) is 0 Å². The summed E-state index contributed by atoms with van der Waals surface area (Å²) < 4.78 is 5.44. The highest BCUT2D eigenvalue weighted by Gasteiger charge is 2.31. The lowest BCUT2D eigenvalue weighted by Gasteiger charge is -2.33. The van der Waals surface area contributed by atoms with E-state index in [4.69, 9.17) is 10.5 Å². The van der Waals surface area contributed by atoms with Crippen LogP contribution in [0, 0.1) is 5.92 Å². The van der Waals surface area contributed by atoms with Crippen LogP contribution >= 0.6 is 0 Å². The number of carbonyl (C=O) groups excluding carboxylic acids is 1. The standard InChI is InChI=1S/C8H15NO2.C2H6.H2/c1-8(2)5-6(7(9)10)3-4-11-8;1-2;/h6H,3-5H2,1-2H3,(H2,9,10);1-2H3;1H. The molecule has 0 aliphatic carbocycles. The molecule has 0 aromatic heterocycles. The van der Waals surface area contributed by atoms with Crippen molar-refractivity contribution >= 4 is 5.91 Å². The number of hydrogen-bond acceptors (Lipinski definition) is 2. The average molecular weight is 189 g/mol. The SMILES string of the molecule is CC.CC1(C)CC(C(N)=O)CCO1.[HH]. The number of primary amides is 1. The molecule has 1 unspecified atom stereocenters. The summed E-state index contributed by atoms with van der Waals surface area (Å²) in [6.07, 6.45) is 1.53. The molecule has 3 nitrogen and oxygen atoms in total. The van der Waals surface area contributed by atoms with E-state index < -0.39 is 0 Å². The van der Waals surface area contributed by atoms with Gasteiger partial charge in [0.1, 0.15) is 0 Å². The minimum Gasteiger partial charge on any atom is -0.376 e. The fourth-order valence-corrected chi connectivity index (χ4v) is 1.47. The molecule has 1 heterocycles. The molecule has 1 atom stereocenters. The summed E-state index contributed by atoms with van der Waals surface area (Å²) in [6, 6.07) is 0. The Hall–Kier alpha value is -0.570. The summed E-state index contributed by atoms with van der Waals surface area (Å²) in [5.41, 5.74) is 5.03. The van der Waals surface area contributed by atoms with E-state index in [1.54, 1.807) is 0 Å². The second-order valence-corrected chi connectivity index (χ2v) is 3.70. The quantitative estimate of drug-likeness (QED) is 0.685. The lowest BCUT2D eigenvalue weighted by atomic mass is 9.88. The van der Waals surface area contributed by atoms with Gasteiger partial charge in [-0.25, -0.2) is 0 Å². The van der Waals surface area contributed by atoms with Gasteiger partial charge in [-0.05, 0) is 26.7 Å². The minimum atomic E-state index is -0.193. The maximum Gasteiger partial charge on any atom is 0.220 e. The zero-order valence-corrected chi connectivity index (χ0v) is 9.09. The Bertz CT molecular complexity index is 172. The maximum absolute atomic E-state index is 10.8. The average Bonchev–Trinajstić information content (AvgIpc) is 2.06. The van der Waals surface area contributed by atoms with Gasteiger partial charge >= 0.3 is 0 Å². The van der Waals surface area contributed by atoms with Gasteiger partial charge in [0.05, 0.1) is 5.60 Å². The first-order chi connectivity index (χ1) is 6.01. The van der Waals surface area contributed by atoms with Gasteiger partial charge in [-0.15, -0.1) is 0 Å². The van der Waals surface area contributed by atoms with Crippen molar-refractivity contribution in [2.24, 2.45) is 11.7 Å². The summed E-state index contributed by atoms with van der Waals surface area (Å²) in [7, 11) is 0. The monoisotopic (exact) mass is 189 g/mol. The van der Waals surface area contributed by atoms with E-state index in [0.717, 1.165) is 12.8 Å². The number of ether oxygens (including phenoxy) is 1. The molecular weight excluding hydrogens is 166 g/mol. The molecular formula is C10H23NO2. The van der Waals surface area contributed by atoms with Crippen LogP contribution in [0.2, 0.25) is 0 Å². The van der Waals surface area contributed by atoms with Gasteiger partial charge in [-0.3, -0.25) is 4.79 Å². The van der Waals surface area contributed by atoms with Crippen LogP contribution in [0.5, 0.6) is 0 Å². The second-order valence-electron chi connectivity index (χ2n) is 3.70. The molecule has 0 radical (unpaired) electrons. The van der Waals surface area contributed by atoms with Crippen LogP contribution in [0.3, 0.4) is 0 Å². The second kappa shape index (κ2) is 5.22. The van der Waals surface area contributed by atoms with Gasteiger partial charge in [-0.2, -0.15) is 0 Å². The minimum absolute atomic E-state index is 0. The van der Waals surface area contributed by atoms with Crippen molar-refractivity contribution in [2.45, 2.75) is 46.1 Å². The van der Waals surface area contributed by atoms with E-state index in [9.17, 15) is 4.79 Å². The van der Waals surface area contributed by atoms with E-state index in [1.807, 2.05) is 27.7 Å². The Morgan fingerprint density at radius 2 is 2.08 bits per heavy atom. The summed E-state index contributed by atoms with van der Waals surface area (Å²) in [5, 5.41) is 0. The van der Waals surface area contributed by atoms with Gasteiger partial charge in [0.25, 0.3) is 0 Å². The molecule has 1 fully saturated rings. The van der Waals surface area contributed by atoms with E-state index in [-0.39, 0.29) is 18.9 Å². The molecule has 1 saturated heterocycles. The topological polar surface area (TPSA) is 52.3 Å². The van der Waals surface area contributed by atoms with E-state index in [2.05, 4.69) is 0 Å². The summed E-state index contributed by atoms with van der Waals surface area (Å²) in [4.78, 5) is 10.8. The molecule has 1 aliphatic rings. The predicted octanol–water partition coefficient (Wildman–Crippen LogP) is 1.95. The lowest BCUT2D eigenvalue weighted by molar-refractivity contribution is -0.132. The van der Waals surface area contributed by atoms with Crippen molar-refractivity contribution < 1.29 is 11.0 Å². The number of nitrogens with two attached hydrogens (primary N) is 1. The Morgan fingerprint density at radius 1 is 1.54 bits per heavy atom. The highest BCUT2D eigenvalue weighted by atomic mass is 16.5. The Labute approximate surface area is 82.1 Å². The molecule has 80 valence electrons. The zero-order valence-electron chi connectivity index (χ0n) is 9.09. The molecule has 0 spiro atoms. The molecule has 1 rings (SSSR count). The normalized spacial score (nSPS) is 25.7.